The van der Waals surface area contributed by atoms with E-state index >= 15 is 0 Å². The van der Waals surface area contributed by atoms with Crippen molar-refractivity contribution in [3.63, 3.8) is 0 Å². The number of nitrogens with zero attached hydrogens (tertiary/aromatic N) is 1. The predicted molar refractivity (Wildman–Crippen MR) is 90.6 cm³/mol. The fraction of sp³-hybridized carbons (Fsp3) is 0.333. The second-order valence-corrected chi connectivity index (χ2v) is 5.91. The summed E-state index contributed by atoms with van der Waals surface area (Å²) in [5, 5.41) is 6.20. The van der Waals surface area contributed by atoms with E-state index in [0.717, 1.165) is 11.4 Å². The van der Waals surface area contributed by atoms with Gasteiger partial charge in [-0.3, -0.25) is 4.79 Å². The molecule has 0 atom stereocenters. The highest BCUT2D eigenvalue weighted by Crippen LogP contribution is 2.22. The molecule has 0 aliphatic heterocycles. The molecule has 2 rings (SSSR count). The first-order valence-electron chi connectivity index (χ1n) is 7.55. The molecule has 0 aliphatic rings. The maximum atomic E-state index is 11.9. The van der Waals surface area contributed by atoms with Gasteiger partial charge < -0.3 is 10.6 Å². The molecule has 0 unspecified atom stereocenters. The Morgan fingerprint density at radius 1 is 1.18 bits per heavy atom. The van der Waals surface area contributed by atoms with E-state index in [2.05, 4.69) is 49.4 Å². The van der Waals surface area contributed by atoms with E-state index in [0.29, 0.717) is 18.2 Å². The maximum Gasteiger partial charge on any atom is 0.269 e. The van der Waals surface area contributed by atoms with E-state index in [1.165, 1.54) is 11.1 Å². The Balaban J connectivity index is 2.06. The monoisotopic (exact) mass is 297 g/mol. The molecule has 1 heterocycles. The van der Waals surface area contributed by atoms with Crippen LogP contribution in [0.15, 0.2) is 36.5 Å². The molecule has 4 nitrogen and oxygen atoms in total. The number of hydrogen-bond donors (Lipinski definition) is 2. The molecule has 2 aromatic rings. The number of amides is 1. The molecule has 22 heavy (non-hydrogen) atoms. The van der Waals surface area contributed by atoms with Crippen molar-refractivity contribution >= 4 is 17.3 Å². The quantitative estimate of drug-likeness (QED) is 0.882. The Labute approximate surface area is 132 Å². The van der Waals surface area contributed by atoms with Crippen molar-refractivity contribution in [1.82, 2.24) is 10.3 Å². The number of nitrogens with one attached hydrogen (secondary N) is 2. The lowest BCUT2D eigenvalue weighted by Gasteiger charge is -2.12. The first kappa shape index (κ1) is 16.0. The van der Waals surface area contributed by atoms with Gasteiger partial charge in [-0.2, -0.15) is 0 Å². The van der Waals surface area contributed by atoms with Crippen LogP contribution in [0, 0.1) is 19.8 Å². The molecule has 0 aliphatic carbocycles. The Bertz CT molecular complexity index is 648. The average Bonchev–Trinajstić information content (AvgIpc) is 2.50. The molecule has 2 N–H and O–H groups in total. The zero-order chi connectivity index (χ0) is 16.1. The number of benzene rings is 1. The number of carbonyl (C=O) groups is 1. The molecule has 0 spiro atoms. The second kappa shape index (κ2) is 7.07. The van der Waals surface area contributed by atoms with Crippen molar-refractivity contribution in [1.29, 1.82) is 0 Å². The molecule has 1 amide bonds. The standard InChI is InChI=1S/C18H23N3O/c1-12(2)10-20-18(22)17-9-8-15(11-19-17)21-16-7-5-6-13(3)14(16)4/h5-9,11-12,21H,10H2,1-4H3,(H,20,22). The van der Waals surface area contributed by atoms with Gasteiger partial charge in [-0.25, -0.2) is 4.98 Å². The first-order chi connectivity index (χ1) is 10.5. The lowest BCUT2D eigenvalue weighted by molar-refractivity contribution is 0.0944. The van der Waals surface area contributed by atoms with Crippen LogP contribution in [0.2, 0.25) is 0 Å². The van der Waals surface area contributed by atoms with E-state index in [1.54, 1.807) is 12.3 Å². The summed E-state index contributed by atoms with van der Waals surface area (Å²) in [6.07, 6.45) is 1.69. The van der Waals surface area contributed by atoms with Crippen LogP contribution in [0.1, 0.15) is 35.5 Å². The minimum absolute atomic E-state index is 0.132. The van der Waals surface area contributed by atoms with E-state index in [4.69, 9.17) is 0 Å². The van der Waals surface area contributed by atoms with Gasteiger partial charge in [0.2, 0.25) is 0 Å². The molecule has 0 radical (unpaired) electrons. The summed E-state index contributed by atoms with van der Waals surface area (Å²) in [6, 6.07) is 9.75. The molecule has 4 heteroatoms. The molecule has 1 aromatic heterocycles. The van der Waals surface area contributed by atoms with E-state index in [9.17, 15) is 4.79 Å². The van der Waals surface area contributed by atoms with Crippen molar-refractivity contribution in [2.75, 3.05) is 11.9 Å². The summed E-state index contributed by atoms with van der Waals surface area (Å²) in [5.74, 6) is 0.293. The van der Waals surface area contributed by atoms with Crippen LogP contribution >= 0.6 is 0 Å². The molecule has 116 valence electrons. The Kier molecular flexibility index (Phi) is 5.15. The Hall–Kier alpha value is -2.36. The molecule has 0 fully saturated rings. The fourth-order valence-electron chi connectivity index (χ4n) is 2.03. The van der Waals surface area contributed by atoms with Crippen LogP contribution in [-0.2, 0) is 0 Å². The zero-order valence-corrected chi connectivity index (χ0v) is 13.6. The van der Waals surface area contributed by atoms with E-state index < -0.39 is 0 Å². The van der Waals surface area contributed by atoms with Crippen LogP contribution in [0.25, 0.3) is 0 Å². The molecule has 1 aromatic carbocycles. The van der Waals surface area contributed by atoms with Crippen molar-refractivity contribution in [2.45, 2.75) is 27.7 Å². The van der Waals surface area contributed by atoms with Crippen LogP contribution in [0.3, 0.4) is 0 Å². The highest BCUT2D eigenvalue weighted by molar-refractivity contribution is 5.92. The third kappa shape index (κ3) is 4.07. The molecule has 0 saturated carbocycles. The van der Waals surface area contributed by atoms with Gasteiger partial charge in [0, 0.05) is 12.2 Å². The van der Waals surface area contributed by atoms with Crippen molar-refractivity contribution < 1.29 is 4.79 Å². The molecule has 0 saturated heterocycles. The highest BCUT2D eigenvalue weighted by Gasteiger charge is 2.08. The Morgan fingerprint density at radius 2 is 1.95 bits per heavy atom. The number of carbonyl (C=O) groups excluding carboxylic acids is 1. The summed E-state index contributed by atoms with van der Waals surface area (Å²) in [5.41, 5.74) is 4.81. The third-order valence-electron chi connectivity index (χ3n) is 3.55. The molecule has 0 bridgehead atoms. The molecular formula is C18H23N3O. The number of hydrogen-bond acceptors (Lipinski definition) is 3. The van der Waals surface area contributed by atoms with Gasteiger partial charge in [-0.05, 0) is 49.1 Å². The summed E-state index contributed by atoms with van der Waals surface area (Å²) < 4.78 is 0. The van der Waals surface area contributed by atoms with Gasteiger partial charge >= 0.3 is 0 Å². The SMILES string of the molecule is Cc1cccc(Nc2ccc(C(=O)NCC(C)C)nc2)c1C. The topological polar surface area (TPSA) is 54.0 Å². The number of aryl methyl sites for hydroxylation is 1. The second-order valence-electron chi connectivity index (χ2n) is 5.91. The minimum Gasteiger partial charge on any atom is -0.354 e. The van der Waals surface area contributed by atoms with Crippen LogP contribution < -0.4 is 10.6 Å². The van der Waals surface area contributed by atoms with Crippen LogP contribution in [0.4, 0.5) is 11.4 Å². The van der Waals surface area contributed by atoms with Crippen LogP contribution in [-0.4, -0.2) is 17.4 Å². The number of rotatable bonds is 5. The van der Waals surface area contributed by atoms with Crippen molar-refractivity contribution in [3.05, 3.63) is 53.3 Å². The van der Waals surface area contributed by atoms with Crippen molar-refractivity contribution in [3.8, 4) is 0 Å². The van der Waals surface area contributed by atoms with E-state index in [-0.39, 0.29) is 5.91 Å². The van der Waals surface area contributed by atoms with Crippen molar-refractivity contribution in [2.24, 2.45) is 5.92 Å². The van der Waals surface area contributed by atoms with Gasteiger partial charge in [-0.15, -0.1) is 0 Å². The number of anilines is 2. The number of aromatic nitrogens is 1. The Morgan fingerprint density at radius 3 is 2.59 bits per heavy atom. The summed E-state index contributed by atoms with van der Waals surface area (Å²) in [6.45, 7) is 8.94. The maximum absolute atomic E-state index is 11.9. The first-order valence-corrected chi connectivity index (χ1v) is 7.55. The molecular weight excluding hydrogens is 274 g/mol. The fourth-order valence-corrected chi connectivity index (χ4v) is 2.03. The van der Waals surface area contributed by atoms with Gasteiger partial charge in [0.15, 0.2) is 0 Å². The summed E-state index contributed by atoms with van der Waals surface area (Å²) >= 11 is 0. The summed E-state index contributed by atoms with van der Waals surface area (Å²) in [4.78, 5) is 16.2. The predicted octanol–water partition coefficient (Wildman–Crippen LogP) is 3.83. The normalized spacial score (nSPS) is 10.6. The van der Waals surface area contributed by atoms with Gasteiger partial charge in [0.25, 0.3) is 5.91 Å². The van der Waals surface area contributed by atoms with Gasteiger partial charge in [0.05, 0.1) is 11.9 Å². The average molecular weight is 297 g/mol. The van der Waals surface area contributed by atoms with Gasteiger partial charge in [-0.1, -0.05) is 26.0 Å². The third-order valence-corrected chi connectivity index (χ3v) is 3.55. The lowest BCUT2D eigenvalue weighted by Crippen LogP contribution is -2.27. The lowest BCUT2D eigenvalue weighted by atomic mass is 10.1. The van der Waals surface area contributed by atoms with Crippen LogP contribution in [0.5, 0.6) is 0 Å². The van der Waals surface area contributed by atoms with E-state index in [1.807, 2.05) is 18.2 Å². The summed E-state index contributed by atoms with van der Waals surface area (Å²) in [7, 11) is 0. The minimum atomic E-state index is -0.132. The number of pyridine rings is 1. The van der Waals surface area contributed by atoms with Gasteiger partial charge in [0.1, 0.15) is 5.69 Å². The highest BCUT2D eigenvalue weighted by atomic mass is 16.1. The largest absolute Gasteiger partial charge is 0.354 e. The smallest absolute Gasteiger partial charge is 0.269 e. The zero-order valence-electron chi connectivity index (χ0n) is 13.6.